The average molecular weight is 301 g/mol. The second-order valence-corrected chi connectivity index (χ2v) is 6.69. The molecule has 22 heavy (non-hydrogen) atoms. The molecule has 0 radical (unpaired) electrons. The first-order valence-corrected chi connectivity index (χ1v) is 8.19. The van der Waals surface area contributed by atoms with Crippen LogP contribution in [0, 0.1) is 0 Å². The summed E-state index contributed by atoms with van der Waals surface area (Å²) in [5, 5.41) is 22.4. The molecule has 2 aromatic rings. The average Bonchev–Trinajstić information content (AvgIpc) is 3.15. The molecular formula is C16H23N5O. The van der Waals surface area contributed by atoms with Gasteiger partial charge in [-0.3, -0.25) is 4.40 Å². The van der Waals surface area contributed by atoms with E-state index in [1.807, 2.05) is 24.4 Å². The first-order valence-electron chi connectivity index (χ1n) is 8.19. The summed E-state index contributed by atoms with van der Waals surface area (Å²) in [6, 6.07) is 6.01. The number of aliphatic hydroxyl groups is 1. The molecule has 2 N–H and O–H groups in total. The Morgan fingerprint density at radius 3 is 2.91 bits per heavy atom. The van der Waals surface area contributed by atoms with Crippen LogP contribution >= 0.6 is 0 Å². The number of hydrogen-bond donors (Lipinski definition) is 2. The number of pyridine rings is 1. The highest BCUT2D eigenvalue weighted by molar-refractivity contribution is 5.37. The molecule has 2 aliphatic rings. The minimum absolute atomic E-state index is 0.463. The molecular weight excluding hydrogens is 278 g/mol. The van der Waals surface area contributed by atoms with Crippen molar-refractivity contribution in [3.8, 4) is 0 Å². The SMILES string of the molecule is OC1(CN2CCC(c3nnc4ccccn34)CC2)CCNC1. The van der Waals surface area contributed by atoms with Crippen molar-refractivity contribution in [2.45, 2.75) is 30.8 Å². The first kappa shape index (κ1) is 14.1. The zero-order chi connectivity index (χ0) is 15.0. The molecule has 6 nitrogen and oxygen atoms in total. The molecule has 1 atom stereocenters. The van der Waals surface area contributed by atoms with E-state index in [2.05, 4.69) is 24.8 Å². The smallest absolute Gasteiger partial charge is 0.160 e. The van der Waals surface area contributed by atoms with Crippen LogP contribution < -0.4 is 5.32 Å². The van der Waals surface area contributed by atoms with E-state index in [0.717, 1.165) is 63.5 Å². The highest BCUT2D eigenvalue weighted by Gasteiger charge is 2.34. The lowest BCUT2D eigenvalue weighted by Gasteiger charge is -2.35. The van der Waals surface area contributed by atoms with E-state index in [9.17, 15) is 5.11 Å². The lowest BCUT2D eigenvalue weighted by molar-refractivity contribution is 0.0135. The quantitative estimate of drug-likeness (QED) is 0.871. The Morgan fingerprint density at radius 2 is 2.14 bits per heavy atom. The lowest BCUT2D eigenvalue weighted by atomic mass is 9.94. The van der Waals surface area contributed by atoms with Crippen LogP contribution in [-0.4, -0.2) is 62.9 Å². The lowest BCUT2D eigenvalue weighted by Crippen LogP contribution is -2.47. The number of nitrogens with one attached hydrogen (secondary N) is 1. The monoisotopic (exact) mass is 301 g/mol. The zero-order valence-electron chi connectivity index (χ0n) is 12.8. The summed E-state index contributed by atoms with van der Waals surface area (Å²) in [7, 11) is 0. The fourth-order valence-electron chi connectivity index (χ4n) is 3.77. The van der Waals surface area contributed by atoms with Gasteiger partial charge in [-0.1, -0.05) is 6.07 Å². The number of piperidine rings is 1. The first-order chi connectivity index (χ1) is 10.7. The molecule has 1 unspecified atom stereocenters. The Bertz CT molecular complexity index is 641. The minimum Gasteiger partial charge on any atom is -0.387 e. The van der Waals surface area contributed by atoms with E-state index in [1.54, 1.807) is 0 Å². The van der Waals surface area contributed by atoms with Gasteiger partial charge >= 0.3 is 0 Å². The van der Waals surface area contributed by atoms with Crippen LogP contribution in [0.1, 0.15) is 31.0 Å². The summed E-state index contributed by atoms with van der Waals surface area (Å²) >= 11 is 0. The fraction of sp³-hybridized carbons (Fsp3) is 0.625. The van der Waals surface area contributed by atoms with E-state index in [1.165, 1.54) is 0 Å². The molecule has 6 heteroatoms. The minimum atomic E-state index is -0.533. The van der Waals surface area contributed by atoms with Crippen molar-refractivity contribution in [3.05, 3.63) is 30.2 Å². The third kappa shape index (κ3) is 2.62. The van der Waals surface area contributed by atoms with Gasteiger partial charge in [0.05, 0.1) is 5.60 Å². The largest absolute Gasteiger partial charge is 0.387 e. The van der Waals surface area contributed by atoms with Crippen molar-refractivity contribution in [2.75, 3.05) is 32.7 Å². The molecule has 0 aromatic carbocycles. The third-order valence-electron chi connectivity index (χ3n) is 5.03. The number of nitrogens with zero attached hydrogens (tertiary/aromatic N) is 4. The topological polar surface area (TPSA) is 65.7 Å². The molecule has 0 spiro atoms. The van der Waals surface area contributed by atoms with Crippen LogP contribution in [0.25, 0.3) is 5.65 Å². The summed E-state index contributed by atoms with van der Waals surface area (Å²) < 4.78 is 2.11. The number of likely N-dealkylation sites (tertiary alicyclic amines) is 1. The molecule has 2 aliphatic heterocycles. The Hall–Kier alpha value is -1.50. The van der Waals surface area contributed by atoms with E-state index in [-0.39, 0.29) is 0 Å². The van der Waals surface area contributed by atoms with Crippen molar-refractivity contribution >= 4 is 5.65 Å². The van der Waals surface area contributed by atoms with Gasteiger partial charge in [0, 0.05) is 25.2 Å². The number of aromatic nitrogens is 3. The number of rotatable bonds is 3. The molecule has 4 heterocycles. The van der Waals surface area contributed by atoms with Crippen molar-refractivity contribution in [2.24, 2.45) is 0 Å². The van der Waals surface area contributed by atoms with Gasteiger partial charge in [-0.25, -0.2) is 0 Å². The van der Waals surface area contributed by atoms with Crippen molar-refractivity contribution in [3.63, 3.8) is 0 Å². The maximum atomic E-state index is 10.5. The van der Waals surface area contributed by atoms with Gasteiger partial charge in [0.1, 0.15) is 5.82 Å². The van der Waals surface area contributed by atoms with Crippen LogP contribution in [-0.2, 0) is 0 Å². The van der Waals surface area contributed by atoms with Gasteiger partial charge < -0.3 is 15.3 Å². The highest BCUT2D eigenvalue weighted by atomic mass is 16.3. The van der Waals surface area contributed by atoms with Crippen LogP contribution in [0.15, 0.2) is 24.4 Å². The summed E-state index contributed by atoms with van der Waals surface area (Å²) in [6.45, 7) is 4.48. The summed E-state index contributed by atoms with van der Waals surface area (Å²) in [6.07, 6.45) is 5.07. The van der Waals surface area contributed by atoms with Crippen LogP contribution in [0.2, 0.25) is 0 Å². The maximum Gasteiger partial charge on any atom is 0.160 e. The number of fused-ring (bicyclic) bond motifs is 1. The molecule has 2 saturated heterocycles. The predicted octanol–water partition coefficient (Wildman–Crippen LogP) is 0.633. The van der Waals surface area contributed by atoms with Crippen molar-refractivity contribution in [1.29, 1.82) is 0 Å². The van der Waals surface area contributed by atoms with Crippen molar-refractivity contribution in [1.82, 2.24) is 24.8 Å². The van der Waals surface area contributed by atoms with Crippen LogP contribution in [0.4, 0.5) is 0 Å². The van der Waals surface area contributed by atoms with E-state index < -0.39 is 5.60 Å². The van der Waals surface area contributed by atoms with Gasteiger partial charge in [-0.15, -0.1) is 10.2 Å². The summed E-state index contributed by atoms with van der Waals surface area (Å²) in [4.78, 5) is 2.40. The Labute approximate surface area is 130 Å². The standard InChI is InChI=1S/C16H23N5O/c22-16(6-7-17-11-16)12-20-9-4-13(5-10-20)15-19-18-14-3-1-2-8-21(14)15/h1-3,8,13,17,22H,4-7,9-12H2. The molecule has 118 valence electrons. The molecule has 2 aromatic heterocycles. The zero-order valence-corrected chi connectivity index (χ0v) is 12.8. The Balaban J connectivity index is 1.41. The second-order valence-electron chi connectivity index (χ2n) is 6.69. The summed E-state index contributed by atoms with van der Waals surface area (Å²) in [5.41, 5.74) is 0.389. The normalized spacial score (nSPS) is 27.7. The molecule has 0 amide bonds. The predicted molar refractivity (Wildman–Crippen MR) is 83.8 cm³/mol. The van der Waals surface area contributed by atoms with Crippen LogP contribution in [0.5, 0.6) is 0 Å². The highest BCUT2D eigenvalue weighted by Crippen LogP contribution is 2.28. The van der Waals surface area contributed by atoms with Crippen molar-refractivity contribution < 1.29 is 5.11 Å². The second kappa shape index (κ2) is 5.61. The fourth-order valence-corrected chi connectivity index (χ4v) is 3.77. The maximum absolute atomic E-state index is 10.5. The molecule has 0 aliphatic carbocycles. The molecule has 0 bridgehead atoms. The van der Waals surface area contributed by atoms with E-state index in [0.29, 0.717) is 5.92 Å². The Morgan fingerprint density at radius 1 is 1.27 bits per heavy atom. The van der Waals surface area contributed by atoms with Gasteiger partial charge in [-0.05, 0) is 51.0 Å². The van der Waals surface area contributed by atoms with Gasteiger partial charge in [0.2, 0.25) is 0 Å². The number of β-amino-alcohol motifs (C(OH)–C–C–N with tert-alkyl or cyclic N) is 1. The summed E-state index contributed by atoms with van der Waals surface area (Å²) in [5.74, 6) is 1.54. The van der Waals surface area contributed by atoms with Gasteiger partial charge in [0.25, 0.3) is 0 Å². The Kier molecular flexibility index (Phi) is 3.60. The van der Waals surface area contributed by atoms with Gasteiger partial charge in [-0.2, -0.15) is 0 Å². The van der Waals surface area contributed by atoms with Crippen LogP contribution in [0.3, 0.4) is 0 Å². The third-order valence-corrected chi connectivity index (χ3v) is 5.03. The van der Waals surface area contributed by atoms with E-state index in [4.69, 9.17) is 0 Å². The van der Waals surface area contributed by atoms with E-state index >= 15 is 0 Å². The van der Waals surface area contributed by atoms with Gasteiger partial charge in [0.15, 0.2) is 5.65 Å². The molecule has 4 rings (SSSR count). The number of hydrogen-bond acceptors (Lipinski definition) is 5. The molecule has 0 saturated carbocycles. The molecule has 2 fully saturated rings.